The van der Waals surface area contributed by atoms with Gasteiger partial charge >= 0.3 is 11.9 Å². The molecule has 27 heavy (non-hydrogen) atoms. The van der Waals surface area contributed by atoms with E-state index < -0.39 is 23.8 Å². The zero-order valence-electron chi connectivity index (χ0n) is 15.7. The van der Waals surface area contributed by atoms with Crippen molar-refractivity contribution < 1.29 is 28.3 Å². The Morgan fingerprint density at radius 1 is 0.963 bits per heavy atom. The van der Waals surface area contributed by atoms with Gasteiger partial charge in [-0.15, -0.1) is 0 Å². The largest absolute Gasteiger partial charge is 0.467 e. The van der Waals surface area contributed by atoms with E-state index in [4.69, 9.17) is 4.42 Å². The monoisotopic (exact) mass is 375 g/mol. The van der Waals surface area contributed by atoms with Crippen LogP contribution in [0.3, 0.4) is 0 Å². The van der Waals surface area contributed by atoms with Gasteiger partial charge in [-0.3, -0.25) is 24.1 Å². The fourth-order valence-electron chi connectivity index (χ4n) is 4.09. The van der Waals surface area contributed by atoms with Crippen molar-refractivity contribution in [2.75, 3.05) is 0 Å². The molecular formula is C20H25NO6. The molecule has 0 bridgehead atoms. The van der Waals surface area contributed by atoms with Crippen molar-refractivity contribution in [2.45, 2.75) is 52.5 Å². The molecule has 2 fully saturated rings. The Kier molecular flexibility index (Phi) is 5.77. The fraction of sp³-hybridized carbons (Fsp3) is 0.600. The van der Waals surface area contributed by atoms with E-state index in [1.165, 1.54) is 11.2 Å². The summed E-state index contributed by atoms with van der Waals surface area (Å²) < 4.78 is 9.94. The summed E-state index contributed by atoms with van der Waals surface area (Å²) >= 11 is 0. The van der Waals surface area contributed by atoms with E-state index in [-0.39, 0.29) is 30.2 Å². The number of imide groups is 1. The molecule has 0 spiro atoms. The summed E-state index contributed by atoms with van der Waals surface area (Å²) in [7, 11) is 0. The molecule has 2 amide bonds. The summed E-state index contributed by atoms with van der Waals surface area (Å²) in [6, 6.07) is 3.47. The van der Waals surface area contributed by atoms with Gasteiger partial charge in [-0.2, -0.15) is 0 Å². The van der Waals surface area contributed by atoms with Gasteiger partial charge in [0.1, 0.15) is 5.76 Å². The number of carbonyl (C=O) groups is 4. The Hall–Kier alpha value is -2.44. The lowest BCUT2D eigenvalue weighted by Gasteiger charge is -2.15. The summed E-state index contributed by atoms with van der Waals surface area (Å²) in [4.78, 5) is 50.1. The normalized spacial score (nSPS) is 28.3. The number of furan rings is 1. The van der Waals surface area contributed by atoms with Crippen LogP contribution in [-0.2, 0) is 30.5 Å². The second-order valence-electron chi connectivity index (χ2n) is 7.41. The first-order chi connectivity index (χ1) is 12.9. The Morgan fingerprint density at radius 3 is 2.19 bits per heavy atom. The third kappa shape index (κ3) is 3.82. The fourth-order valence-corrected chi connectivity index (χ4v) is 4.09. The second-order valence-corrected chi connectivity index (χ2v) is 7.41. The van der Waals surface area contributed by atoms with Crippen molar-refractivity contribution in [1.82, 2.24) is 4.90 Å². The number of ether oxygens (including phenoxy) is 1. The van der Waals surface area contributed by atoms with E-state index >= 15 is 0 Å². The molecule has 7 nitrogen and oxygen atoms in total. The summed E-state index contributed by atoms with van der Waals surface area (Å²) in [5.41, 5.74) is 0. The first-order valence-corrected chi connectivity index (χ1v) is 9.57. The van der Waals surface area contributed by atoms with Crippen LogP contribution in [0.4, 0.5) is 0 Å². The van der Waals surface area contributed by atoms with E-state index in [1.807, 2.05) is 6.92 Å². The van der Waals surface area contributed by atoms with Gasteiger partial charge in [0.15, 0.2) is 0 Å². The topological polar surface area (TPSA) is 93.9 Å². The van der Waals surface area contributed by atoms with Gasteiger partial charge in [0, 0.05) is 0 Å². The van der Waals surface area contributed by atoms with Crippen molar-refractivity contribution in [3.05, 3.63) is 24.2 Å². The Labute approximate surface area is 158 Å². The highest BCUT2D eigenvalue weighted by Gasteiger charge is 2.47. The Bertz CT molecular complexity index is 725. The van der Waals surface area contributed by atoms with Crippen molar-refractivity contribution in [2.24, 2.45) is 23.7 Å². The van der Waals surface area contributed by atoms with Crippen LogP contribution in [0.2, 0.25) is 0 Å². The van der Waals surface area contributed by atoms with Crippen LogP contribution in [0.15, 0.2) is 22.8 Å². The molecule has 1 aromatic rings. The molecule has 2 aliphatic heterocycles. The number of hydrogen-bond acceptors (Lipinski definition) is 6. The van der Waals surface area contributed by atoms with Gasteiger partial charge in [-0.05, 0) is 31.4 Å². The third-order valence-corrected chi connectivity index (χ3v) is 5.66. The lowest BCUT2D eigenvalue weighted by Crippen LogP contribution is -2.30. The number of nitrogens with zero attached hydrogens (tertiary/aromatic N) is 1. The molecule has 0 aliphatic carbocycles. The van der Waals surface area contributed by atoms with Crippen LogP contribution >= 0.6 is 0 Å². The number of hydrogen-bond donors (Lipinski definition) is 0. The molecule has 0 radical (unpaired) electrons. The summed E-state index contributed by atoms with van der Waals surface area (Å²) in [6.45, 7) is 3.83. The predicted octanol–water partition coefficient (Wildman–Crippen LogP) is 2.69. The van der Waals surface area contributed by atoms with Crippen LogP contribution in [0, 0.1) is 23.7 Å². The quantitative estimate of drug-likeness (QED) is 0.394. The van der Waals surface area contributed by atoms with Crippen molar-refractivity contribution in [3.63, 3.8) is 0 Å². The molecule has 2 aliphatic rings. The minimum Gasteiger partial charge on any atom is -0.467 e. The summed E-state index contributed by atoms with van der Waals surface area (Å²) in [6.07, 6.45) is 4.59. The number of esters is 2. The van der Waals surface area contributed by atoms with E-state index in [1.54, 1.807) is 19.1 Å². The second kappa shape index (κ2) is 8.06. The van der Waals surface area contributed by atoms with E-state index in [0.29, 0.717) is 31.4 Å². The number of carbonyl (C=O) groups excluding carboxylic acids is 4. The average molecular weight is 375 g/mol. The highest BCUT2D eigenvalue weighted by Crippen LogP contribution is 2.36. The molecule has 0 aromatic carbocycles. The maximum atomic E-state index is 12.9. The molecule has 4 unspecified atom stereocenters. The van der Waals surface area contributed by atoms with Gasteiger partial charge in [0.05, 0.1) is 36.5 Å². The van der Waals surface area contributed by atoms with Crippen molar-refractivity contribution >= 4 is 23.8 Å². The molecule has 146 valence electrons. The van der Waals surface area contributed by atoms with Gasteiger partial charge in [-0.25, -0.2) is 0 Å². The summed E-state index contributed by atoms with van der Waals surface area (Å²) in [5.74, 6) is -2.30. The van der Waals surface area contributed by atoms with Crippen LogP contribution in [0.1, 0.15) is 51.7 Å². The van der Waals surface area contributed by atoms with Gasteiger partial charge in [0.25, 0.3) is 0 Å². The number of cyclic esters (lactones) is 2. The van der Waals surface area contributed by atoms with E-state index in [2.05, 4.69) is 4.74 Å². The molecular weight excluding hydrogens is 350 g/mol. The minimum absolute atomic E-state index is 0.146. The van der Waals surface area contributed by atoms with Crippen LogP contribution in [0.5, 0.6) is 0 Å². The lowest BCUT2D eigenvalue weighted by molar-refractivity contribution is -0.153. The average Bonchev–Trinajstić information content (AvgIpc) is 3.29. The molecule has 7 heteroatoms. The molecule has 1 aromatic heterocycles. The first kappa shape index (κ1) is 19.3. The van der Waals surface area contributed by atoms with Crippen LogP contribution in [0.25, 0.3) is 0 Å². The summed E-state index contributed by atoms with van der Waals surface area (Å²) in [5, 5.41) is 0. The smallest absolute Gasteiger partial charge is 0.317 e. The van der Waals surface area contributed by atoms with E-state index in [0.717, 1.165) is 6.42 Å². The van der Waals surface area contributed by atoms with Crippen molar-refractivity contribution in [3.8, 4) is 0 Å². The maximum Gasteiger partial charge on any atom is 0.317 e. The first-order valence-electron chi connectivity index (χ1n) is 9.57. The van der Waals surface area contributed by atoms with Gasteiger partial charge < -0.3 is 9.15 Å². The van der Waals surface area contributed by atoms with Crippen molar-refractivity contribution in [1.29, 1.82) is 0 Å². The van der Waals surface area contributed by atoms with Crippen LogP contribution < -0.4 is 0 Å². The SMILES string of the molecule is CCCC1C(=O)N(Cc2ccco2)C(=O)C1CCCC1C(=O)OC(=O)C1C. The third-order valence-electron chi connectivity index (χ3n) is 5.66. The van der Waals surface area contributed by atoms with Crippen LogP contribution in [-0.4, -0.2) is 28.7 Å². The zero-order chi connectivity index (χ0) is 19.6. The van der Waals surface area contributed by atoms with Gasteiger partial charge in [-0.1, -0.05) is 26.7 Å². The number of rotatable bonds is 8. The molecule has 4 atom stereocenters. The van der Waals surface area contributed by atoms with E-state index in [9.17, 15) is 19.2 Å². The standard InChI is InChI=1S/C20H25NO6/c1-3-6-15-16(9-4-8-14-12(2)19(24)27-20(14)25)18(23)21(17(15)22)11-13-7-5-10-26-13/h5,7,10,12,14-16H,3-4,6,8-9,11H2,1-2H3. The molecule has 0 saturated carbocycles. The van der Waals surface area contributed by atoms with Gasteiger partial charge in [0.2, 0.25) is 11.8 Å². The lowest BCUT2D eigenvalue weighted by atomic mass is 9.84. The minimum atomic E-state index is -0.481. The number of amides is 2. The number of likely N-dealkylation sites (tertiary alicyclic amines) is 1. The highest BCUT2D eigenvalue weighted by atomic mass is 16.6. The molecule has 2 saturated heterocycles. The molecule has 0 N–H and O–H groups in total. The molecule has 3 rings (SSSR count). The molecule has 3 heterocycles. The maximum absolute atomic E-state index is 12.9. The Morgan fingerprint density at radius 2 is 1.63 bits per heavy atom. The Balaban J connectivity index is 1.63. The highest BCUT2D eigenvalue weighted by molar-refractivity contribution is 6.05. The zero-order valence-corrected chi connectivity index (χ0v) is 15.7. The predicted molar refractivity (Wildman–Crippen MR) is 93.8 cm³/mol.